The topological polar surface area (TPSA) is 43.8 Å². The Morgan fingerprint density at radius 3 is 2.34 bits per heavy atom. The molecular weight excluding hydrogens is 396 g/mol. The Hall–Kier alpha value is -2.33. The zero-order valence-corrected chi connectivity index (χ0v) is 19.5. The summed E-state index contributed by atoms with van der Waals surface area (Å²) in [5.74, 6) is -0.277. The van der Waals surface area contributed by atoms with Crippen LogP contribution in [0.4, 0.5) is 5.69 Å². The molecule has 170 valence electrons. The summed E-state index contributed by atoms with van der Waals surface area (Å²) in [4.78, 5) is 16.4. The van der Waals surface area contributed by atoms with E-state index in [4.69, 9.17) is 5.11 Å². The van der Waals surface area contributed by atoms with E-state index in [1.807, 2.05) is 12.1 Å². The molecule has 3 fully saturated rings. The zero-order chi connectivity index (χ0) is 22.3. The molecule has 1 saturated carbocycles. The summed E-state index contributed by atoms with van der Waals surface area (Å²) in [6, 6.07) is 17.8. The number of benzene rings is 2. The molecule has 0 bridgehead atoms. The van der Waals surface area contributed by atoms with Gasteiger partial charge < -0.3 is 10.0 Å². The molecule has 1 N–H and O–H groups in total. The first-order valence-corrected chi connectivity index (χ1v) is 12.4. The van der Waals surface area contributed by atoms with E-state index in [2.05, 4.69) is 47.9 Å². The average Bonchev–Trinajstić information content (AvgIpc) is 3.27. The molecule has 32 heavy (non-hydrogen) atoms. The van der Waals surface area contributed by atoms with Gasteiger partial charge in [-0.05, 0) is 91.8 Å². The van der Waals surface area contributed by atoms with Crippen LogP contribution in [-0.4, -0.2) is 41.7 Å². The Bertz CT molecular complexity index is 952. The van der Waals surface area contributed by atoms with E-state index in [1.165, 1.54) is 50.6 Å². The fourth-order valence-electron chi connectivity index (χ4n) is 6.54. The van der Waals surface area contributed by atoms with Gasteiger partial charge in [0.25, 0.3) is 0 Å². The Morgan fingerprint density at radius 2 is 1.69 bits per heavy atom. The molecule has 4 heteroatoms. The van der Waals surface area contributed by atoms with Crippen LogP contribution in [-0.2, 0) is 0 Å². The predicted molar refractivity (Wildman–Crippen MR) is 130 cm³/mol. The van der Waals surface area contributed by atoms with Gasteiger partial charge in [0.05, 0.1) is 5.56 Å². The van der Waals surface area contributed by atoms with E-state index >= 15 is 0 Å². The van der Waals surface area contributed by atoms with Crippen molar-refractivity contribution in [2.24, 2.45) is 5.41 Å². The van der Waals surface area contributed by atoms with Gasteiger partial charge in [0.15, 0.2) is 0 Å². The first kappa shape index (κ1) is 21.5. The smallest absolute Gasteiger partial charge is 0.335 e. The van der Waals surface area contributed by atoms with E-state index in [-0.39, 0.29) is 0 Å². The summed E-state index contributed by atoms with van der Waals surface area (Å²) in [6.07, 6.45) is 7.82. The van der Waals surface area contributed by atoms with E-state index in [1.54, 1.807) is 17.7 Å². The minimum Gasteiger partial charge on any atom is -0.478 e. The van der Waals surface area contributed by atoms with Crippen LogP contribution in [0.15, 0.2) is 48.5 Å². The van der Waals surface area contributed by atoms with Crippen molar-refractivity contribution in [3.05, 3.63) is 65.2 Å². The normalized spacial score (nSPS) is 23.6. The fourth-order valence-corrected chi connectivity index (χ4v) is 6.54. The minimum absolute atomic E-state index is 0.364. The number of nitrogens with zero attached hydrogens (tertiary/aromatic N) is 2. The largest absolute Gasteiger partial charge is 0.478 e. The Kier molecular flexibility index (Phi) is 5.75. The third-order valence-electron chi connectivity index (χ3n) is 8.38. The van der Waals surface area contributed by atoms with Gasteiger partial charge in [-0.1, -0.05) is 38.1 Å². The van der Waals surface area contributed by atoms with Crippen molar-refractivity contribution in [2.75, 3.05) is 24.5 Å². The van der Waals surface area contributed by atoms with E-state index in [9.17, 15) is 4.79 Å². The van der Waals surface area contributed by atoms with Crippen molar-refractivity contribution in [1.29, 1.82) is 0 Å². The highest BCUT2D eigenvalue weighted by Gasteiger charge is 2.49. The number of likely N-dealkylation sites (tertiary alicyclic amines) is 1. The third-order valence-corrected chi connectivity index (χ3v) is 8.38. The summed E-state index contributed by atoms with van der Waals surface area (Å²) < 4.78 is 0. The number of piperidine rings is 1. The molecular formula is C28H36N2O2. The fraction of sp³-hybridized carbons (Fsp3) is 0.536. The molecule has 1 atom stereocenters. The number of carboxylic acids is 1. The number of aromatic carboxylic acids is 1. The number of carbonyl (C=O) groups is 1. The molecule has 0 aromatic heterocycles. The Labute approximate surface area is 192 Å². The van der Waals surface area contributed by atoms with Gasteiger partial charge >= 0.3 is 5.97 Å². The molecule has 1 aliphatic carbocycles. The summed E-state index contributed by atoms with van der Waals surface area (Å²) in [7, 11) is 0. The van der Waals surface area contributed by atoms with Gasteiger partial charge in [-0.3, -0.25) is 4.90 Å². The van der Waals surface area contributed by atoms with Crippen molar-refractivity contribution in [3.8, 4) is 0 Å². The van der Waals surface area contributed by atoms with Crippen LogP contribution in [0.1, 0.15) is 85.8 Å². The number of anilines is 1. The first-order valence-electron chi connectivity index (χ1n) is 12.4. The van der Waals surface area contributed by atoms with Gasteiger partial charge in [0.2, 0.25) is 0 Å². The van der Waals surface area contributed by atoms with Crippen molar-refractivity contribution in [2.45, 2.75) is 70.4 Å². The lowest BCUT2D eigenvalue weighted by atomic mass is 9.59. The van der Waals surface area contributed by atoms with Crippen molar-refractivity contribution >= 4 is 11.7 Å². The second-order valence-corrected chi connectivity index (χ2v) is 10.6. The van der Waals surface area contributed by atoms with Crippen LogP contribution in [0, 0.1) is 5.41 Å². The van der Waals surface area contributed by atoms with Gasteiger partial charge in [-0.2, -0.15) is 0 Å². The Balaban J connectivity index is 1.20. The molecule has 0 radical (unpaired) electrons. The SMILES string of the molecule is CC(C)c1ccccc1[C@@H]1CCCN1C1CC2(CCN(c3ccc(C(=O)O)cc3)CC2)C1. The molecule has 5 rings (SSSR count). The number of rotatable bonds is 5. The van der Waals surface area contributed by atoms with E-state index < -0.39 is 5.97 Å². The second-order valence-electron chi connectivity index (χ2n) is 10.6. The maximum Gasteiger partial charge on any atom is 0.335 e. The van der Waals surface area contributed by atoms with E-state index in [0.29, 0.717) is 22.9 Å². The summed E-state index contributed by atoms with van der Waals surface area (Å²) in [5, 5.41) is 9.12. The van der Waals surface area contributed by atoms with E-state index in [0.717, 1.165) is 24.8 Å². The van der Waals surface area contributed by atoms with Crippen molar-refractivity contribution in [3.63, 3.8) is 0 Å². The van der Waals surface area contributed by atoms with Crippen LogP contribution in [0.25, 0.3) is 0 Å². The molecule has 2 saturated heterocycles. The number of carboxylic acid groups (broad SMARTS) is 1. The maximum absolute atomic E-state index is 11.1. The Morgan fingerprint density at radius 1 is 1.00 bits per heavy atom. The first-order chi connectivity index (χ1) is 15.5. The molecule has 2 heterocycles. The van der Waals surface area contributed by atoms with Gasteiger partial charge in [-0.15, -0.1) is 0 Å². The van der Waals surface area contributed by atoms with Crippen LogP contribution >= 0.6 is 0 Å². The lowest BCUT2D eigenvalue weighted by Gasteiger charge is -2.56. The summed E-state index contributed by atoms with van der Waals surface area (Å²) >= 11 is 0. The lowest BCUT2D eigenvalue weighted by molar-refractivity contribution is -0.0227. The minimum atomic E-state index is -0.856. The lowest BCUT2D eigenvalue weighted by Crippen LogP contribution is -2.54. The third kappa shape index (κ3) is 3.94. The average molecular weight is 433 g/mol. The molecule has 2 aromatic rings. The standard InChI is InChI=1S/C28H36N2O2/c1-20(2)24-6-3-4-7-25(24)26-8-5-15-30(26)23-18-28(19-23)13-16-29(17-14-28)22-11-9-21(10-12-22)27(31)32/h3-4,6-7,9-12,20,23,26H,5,8,13-19H2,1-2H3,(H,31,32)/t26-/m0/s1. The molecule has 1 spiro atoms. The zero-order valence-electron chi connectivity index (χ0n) is 19.5. The monoisotopic (exact) mass is 432 g/mol. The molecule has 0 unspecified atom stereocenters. The molecule has 3 aliphatic rings. The summed E-state index contributed by atoms with van der Waals surface area (Å²) in [6.45, 7) is 8.05. The molecule has 4 nitrogen and oxygen atoms in total. The number of hydrogen-bond acceptors (Lipinski definition) is 3. The summed E-state index contributed by atoms with van der Waals surface area (Å²) in [5.41, 5.74) is 5.14. The number of hydrogen-bond donors (Lipinski definition) is 1. The van der Waals surface area contributed by atoms with Gasteiger partial charge in [0, 0.05) is 30.9 Å². The van der Waals surface area contributed by atoms with Crippen LogP contribution in [0.2, 0.25) is 0 Å². The van der Waals surface area contributed by atoms with Crippen LogP contribution in [0.5, 0.6) is 0 Å². The van der Waals surface area contributed by atoms with Gasteiger partial charge in [0.1, 0.15) is 0 Å². The highest BCUT2D eigenvalue weighted by molar-refractivity contribution is 5.88. The highest BCUT2D eigenvalue weighted by atomic mass is 16.4. The van der Waals surface area contributed by atoms with Gasteiger partial charge in [-0.25, -0.2) is 4.79 Å². The molecule has 2 aliphatic heterocycles. The van der Waals surface area contributed by atoms with Crippen molar-refractivity contribution < 1.29 is 9.90 Å². The van der Waals surface area contributed by atoms with Crippen molar-refractivity contribution in [1.82, 2.24) is 4.90 Å². The maximum atomic E-state index is 11.1. The quantitative estimate of drug-likeness (QED) is 0.620. The molecule has 0 amide bonds. The highest BCUT2D eigenvalue weighted by Crippen LogP contribution is 2.54. The van der Waals surface area contributed by atoms with Crippen LogP contribution < -0.4 is 4.90 Å². The van der Waals surface area contributed by atoms with Crippen LogP contribution in [0.3, 0.4) is 0 Å². The second kappa shape index (κ2) is 8.55. The molecule has 2 aromatic carbocycles. The predicted octanol–water partition coefficient (Wildman–Crippen LogP) is 6.09.